The van der Waals surface area contributed by atoms with Crippen molar-refractivity contribution in [2.24, 2.45) is 0 Å². The Bertz CT molecular complexity index is 694. The van der Waals surface area contributed by atoms with E-state index in [0.717, 1.165) is 5.56 Å². The maximum atomic E-state index is 12.0. The molecule has 5 nitrogen and oxygen atoms in total. The Morgan fingerprint density at radius 3 is 2.41 bits per heavy atom. The quantitative estimate of drug-likeness (QED) is 0.674. The summed E-state index contributed by atoms with van der Waals surface area (Å²) in [7, 11) is 0. The fraction of sp³-hybridized carbons (Fsp3) is 0.235. The molecule has 0 saturated carbocycles. The first kappa shape index (κ1) is 15.7. The maximum Gasteiger partial charge on any atom is 0.269 e. The average molecular weight is 298 g/mol. The minimum absolute atomic E-state index is 0.0233. The van der Waals surface area contributed by atoms with E-state index in [1.54, 1.807) is 13.0 Å². The Morgan fingerprint density at radius 1 is 1.14 bits per heavy atom. The number of aryl methyl sites for hydroxylation is 3. The van der Waals surface area contributed by atoms with Crippen LogP contribution in [0.2, 0.25) is 0 Å². The van der Waals surface area contributed by atoms with Crippen LogP contribution in [0.15, 0.2) is 42.5 Å². The van der Waals surface area contributed by atoms with Gasteiger partial charge in [0.25, 0.3) is 5.69 Å². The number of amides is 1. The summed E-state index contributed by atoms with van der Waals surface area (Å²) in [6.07, 6.45) is 1.04. The minimum atomic E-state index is -0.448. The Hall–Kier alpha value is -2.69. The van der Waals surface area contributed by atoms with E-state index in [4.69, 9.17) is 0 Å². The number of benzene rings is 2. The topological polar surface area (TPSA) is 72.2 Å². The number of nitrogens with zero attached hydrogens (tertiary/aromatic N) is 1. The molecule has 0 heterocycles. The van der Waals surface area contributed by atoms with Crippen LogP contribution in [0.25, 0.3) is 0 Å². The number of nitro benzene ring substituents is 1. The van der Waals surface area contributed by atoms with Crippen molar-refractivity contribution in [3.05, 3.63) is 69.3 Å². The number of nitro groups is 1. The van der Waals surface area contributed by atoms with Crippen LogP contribution in [0.5, 0.6) is 0 Å². The van der Waals surface area contributed by atoms with E-state index in [1.165, 1.54) is 17.7 Å². The summed E-state index contributed by atoms with van der Waals surface area (Å²) in [4.78, 5) is 22.2. The number of carbonyl (C=O) groups excluding carboxylic acids is 1. The van der Waals surface area contributed by atoms with Gasteiger partial charge in [-0.3, -0.25) is 14.9 Å². The first-order chi connectivity index (χ1) is 10.5. The summed E-state index contributed by atoms with van der Waals surface area (Å²) >= 11 is 0. The zero-order valence-corrected chi connectivity index (χ0v) is 12.6. The van der Waals surface area contributed by atoms with Crippen molar-refractivity contribution < 1.29 is 9.72 Å². The third-order valence-electron chi connectivity index (χ3n) is 3.46. The molecular weight excluding hydrogens is 280 g/mol. The highest BCUT2D eigenvalue weighted by atomic mass is 16.6. The number of carbonyl (C=O) groups is 1. The van der Waals surface area contributed by atoms with Gasteiger partial charge in [0.05, 0.1) is 4.92 Å². The fourth-order valence-electron chi connectivity index (χ4n) is 2.13. The lowest BCUT2D eigenvalue weighted by molar-refractivity contribution is -0.384. The lowest BCUT2D eigenvalue weighted by Gasteiger charge is -2.08. The molecule has 0 atom stereocenters. The standard InChI is InChI=1S/C17H18N2O3/c1-12-3-5-14(6-4-12)7-10-17(20)18-16-9-8-15(19(21)22)11-13(16)2/h3-6,8-9,11H,7,10H2,1-2H3,(H,18,20). The van der Waals surface area contributed by atoms with Crippen molar-refractivity contribution in [3.8, 4) is 0 Å². The molecule has 0 fully saturated rings. The van der Waals surface area contributed by atoms with Crippen molar-refractivity contribution in [1.29, 1.82) is 0 Å². The summed E-state index contributed by atoms with van der Waals surface area (Å²) in [5.74, 6) is -0.0995. The van der Waals surface area contributed by atoms with Crippen LogP contribution >= 0.6 is 0 Å². The van der Waals surface area contributed by atoms with Gasteiger partial charge in [0, 0.05) is 24.2 Å². The molecule has 0 radical (unpaired) electrons. The first-order valence-electron chi connectivity index (χ1n) is 7.06. The van der Waals surface area contributed by atoms with Crippen LogP contribution in [0.1, 0.15) is 23.1 Å². The van der Waals surface area contributed by atoms with E-state index in [2.05, 4.69) is 5.32 Å². The van der Waals surface area contributed by atoms with Crippen LogP contribution in [0.3, 0.4) is 0 Å². The zero-order chi connectivity index (χ0) is 16.1. The Labute approximate surface area is 129 Å². The van der Waals surface area contributed by atoms with Crippen molar-refractivity contribution in [1.82, 2.24) is 0 Å². The number of nitrogens with one attached hydrogen (secondary N) is 1. The first-order valence-corrected chi connectivity index (χ1v) is 7.06. The third-order valence-corrected chi connectivity index (χ3v) is 3.46. The van der Waals surface area contributed by atoms with Crippen LogP contribution in [-0.2, 0) is 11.2 Å². The maximum absolute atomic E-state index is 12.0. The molecule has 0 aliphatic heterocycles. The van der Waals surface area contributed by atoms with E-state index in [9.17, 15) is 14.9 Å². The van der Waals surface area contributed by atoms with Crippen LogP contribution < -0.4 is 5.32 Å². The molecule has 0 aliphatic carbocycles. The molecular formula is C17H18N2O3. The number of rotatable bonds is 5. The third kappa shape index (κ3) is 4.15. The molecule has 114 valence electrons. The molecule has 0 saturated heterocycles. The normalized spacial score (nSPS) is 10.3. The second kappa shape index (κ2) is 6.85. The summed E-state index contributed by atoms with van der Waals surface area (Å²) in [5, 5.41) is 13.5. The van der Waals surface area contributed by atoms with Gasteiger partial charge in [-0.15, -0.1) is 0 Å². The summed E-state index contributed by atoms with van der Waals surface area (Å²) < 4.78 is 0. The molecule has 2 rings (SSSR count). The molecule has 0 bridgehead atoms. The highest BCUT2D eigenvalue weighted by Gasteiger charge is 2.10. The van der Waals surface area contributed by atoms with E-state index in [0.29, 0.717) is 24.1 Å². The second-order valence-electron chi connectivity index (χ2n) is 5.29. The molecule has 0 aliphatic rings. The van der Waals surface area contributed by atoms with Gasteiger partial charge in [-0.1, -0.05) is 29.8 Å². The molecule has 0 spiro atoms. The van der Waals surface area contributed by atoms with Crippen molar-refractivity contribution in [3.63, 3.8) is 0 Å². The summed E-state index contributed by atoms with van der Waals surface area (Å²) in [6, 6.07) is 12.5. The van der Waals surface area contributed by atoms with E-state index < -0.39 is 4.92 Å². The highest BCUT2D eigenvalue weighted by Crippen LogP contribution is 2.21. The highest BCUT2D eigenvalue weighted by molar-refractivity contribution is 5.91. The number of anilines is 1. The fourth-order valence-corrected chi connectivity index (χ4v) is 2.13. The van der Waals surface area contributed by atoms with Gasteiger partial charge in [0.1, 0.15) is 0 Å². The summed E-state index contributed by atoms with van der Waals surface area (Å²) in [6.45, 7) is 3.76. The summed E-state index contributed by atoms with van der Waals surface area (Å²) in [5.41, 5.74) is 3.61. The molecule has 0 unspecified atom stereocenters. The minimum Gasteiger partial charge on any atom is -0.326 e. The Kier molecular flexibility index (Phi) is 4.88. The van der Waals surface area contributed by atoms with E-state index >= 15 is 0 Å². The average Bonchev–Trinajstić information content (AvgIpc) is 2.48. The van der Waals surface area contributed by atoms with Gasteiger partial charge in [-0.05, 0) is 37.5 Å². The zero-order valence-electron chi connectivity index (χ0n) is 12.6. The molecule has 5 heteroatoms. The van der Waals surface area contributed by atoms with Crippen LogP contribution in [0, 0.1) is 24.0 Å². The van der Waals surface area contributed by atoms with Gasteiger partial charge in [0.2, 0.25) is 5.91 Å². The predicted molar refractivity (Wildman–Crippen MR) is 86.0 cm³/mol. The van der Waals surface area contributed by atoms with Crippen molar-refractivity contribution in [2.45, 2.75) is 26.7 Å². The van der Waals surface area contributed by atoms with Crippen molar-refractivity contribution in [2.75, 3.05) is 5.32 Å². The second-order valence-corrected chi connectivity index (χ2v) is 5.29. The largest absolute Gasteiger partial charge is 0.326 e. The molecule has 1 amide bonds. The Balaban J connectivity index is 1.94. The predicted octanol–water partition coefficient (Wildman–Crippen LogP) is 3.78. The molecule has 2 aromatic rings. The van der Waals surface area contributed by atoms with E-state index in [-0.39, 0.29) is 11.6 Å². The van der Waals surface area contributed by atoms with Gasteiger partial charge >= 0.3 is 0 Å². The lowest BCUT2D eigenvalue weighted by atomic mass is 10.1. The van der Waals surface area contributed by atoms with Gasteiger partial charge in [-0.25, -0.2) is 0 Å². The van der Waals surface area contributed by atoms with Gasteiger partial charge in [-0.2, -0.15) is 0 Å². The molecule has 2 aromatic carbocycles. The molecule has 22 heavy (non-hydrogen) atoms. The van der Waals surface area contributed by atoms with E-state index in [1.807, 2.05) is 31.2 Å². The van der Waals surface area contributed by atoms with Crippen molar-refractivity contribution >= 4 is 17.3 Å². The van der Waals surface area contributed by atoms with Crippen LogP contribution in [0.4, 0.5) is 11.4 Å². The van der Waals surface area contributed by atoms with Gasteiger partial charge in [0.15, 0.2) is 0 Å². The number of non-ortho nitro benzene ring substituents is 1. The Morgan fingerprint density at radius 2 is 1.82 bits per heavy atom. The van der Waals surface area contributed by atoms with Crippen LogP contribution in [-0.4, -0.2) is 10.8 Å². The number of hydrogen-bond acceptors (Lipinski definition) is 3. The molecule has 1 N–H and O–H groups in total. The smallest absolute Gasteiger partial charge is 0.269 e. The SMILES string of the molecule is Cc1ccc(CCC(=O)Nc2ccc([N+](=O)[O-])cc2C)cc1. The van der Waals surface area contributed by atoms with Gasteiger partial charge < -0.3 is 5.32 Å². The number of hydrogen-bond donors (Lipinski definition) is 1. The molecule has 0 aromatic heterocycles. The monoisotopic (exact) mass is 298 g/mol. The lowest BCUT2D eigenvalue weighted by Crippen LogP contribution is -2.13.